The predicted octanol–water partition coefficient (Wildman–Crippen LogP) is 2.01. The topological polar surface area (TPSA) is 87.7 Å². The highest BCUT2D eigenvalue weighted by atomic mass is 19.3. The maximum Gasteiger partial charge on any atom is 0.387 e. The molecule has 1 saturated heterocycles. The fourth-order valence-electron chi connectivity index (χ4n) is 2.80. The molecular weight excluding hydrogens is 348 g/mol. The Kier molecular flexibility index (Phi) is 6.12. The van der Waals surface area contributed by atoms with E-state index < -0.39 is 36.5 Å². The molecule has 0 aromatic heterocycles. The largest absolute Gasteiger partial charge is 0.434 e. The summed E-state index contributed by atoms with van der Waals surface area (Å²) in [5.74, 6) is -1.07. The summed E-state index contributed by atoms with van der Waals surface area (Å²) in [4.78, 5) is 37.4. The molecule has 2 rings (SSSR count). The molecule has 0 unspecified atom stereocenters. The molecule has 0 atom stereocenters. The molecular formula is C17H21F2N3O4. The second-order valence-electron chi connectivity index (χ2n) is 5.87. The van der Waals surface area contributed by atoms with Crippen LogP contribution in [0.1, 0.15) is 32.3 Å². The Hall–Kier alpha value is -2.71. The van der Waals surface area contributed by atoms with E-state index in [1.54, 1.807) is 19.9 Å². The monoisotopic (exact) mass is 369 g/mol. The van der Waals surface area contributed by atoms with E-state index in [1.807, 2.05) is 0 Å². The fraction of sp³-hybridized carbons (Fsp3) is 0.471. The van der Waals surface area contributed by atoms with Gasteiger partial charge >= 0.3 is 12.6 Å². The number of ether oxygens (including phenoxy) is 1. The van der Waals surface area contributed by atoms with Crippen LogP contribution in [0.2, 0.25) is 0 Å². The number of amides is 4. The zero-order valence-electron chi connectivity index (χ0n) is 14.6. The lowest BCUT2D eigenvalue weighted by Gasteiger charge is -2.23. The summed E-state index contributed by atoms with van der Waals surface area (Å²) in [6, 6.07) is 5.43. The Balaban J connectivity index is 1.98. The first-order chi connectivity index (χ1) is 12.3. The highest BCUT2D eigenvalue weighted by molar-refractivity contribution is 6.08. The van der Waals surface area contributed by atoms with E-state index in [0.29, 0.717) is 18.4 Å². The molecule has 7 nitrogen and oxygen atoms in total. The van der Waals surface area contributed by atoms with Gasteiger partial charge in [0.15, 0.2) is 0 Å². The Morgan fingerprint density at radius 1 is 1.27 bits per heavy atom. The van der Waals surface area contributed by atoms with Crippen molar-refractivity contribution < 1.29 is 27.9 Å². The van der Waals surface area contributed by atoms with E-state index in [9.17, 15) is 23.2 Å². The number of benzene rings is 1. The minimum Gasteiger partial charge on any atom is -0.434 e. The van der Waals surface area contributed by atoms with Crippen LogP contribution in [0, 0.1) is 0 Å². The molecule has 1 aliphatic heterocycles. The van der Waals surface area contributed by atoms with Crippen LogP contribution in [0.4, 0.5) is 13.6 Å². The summed E-state index contributed by atoms with van der Waals surface area (Å²) >= 11 is 0. The Morgan fingerprint density at radius 2 is 1.92 bits per heavy atom. The molecule has 1 aromatic rings. The van der Waals surface area contributed by atoms with Gasteiger partial charge in [0.25, 0.3) is 5.91 Å². The molecule has 4 amide bonds. The second kappa shape index (κ2) is 8.11. The highest BCUT2D eigenvalue weighted by Crippen LogP contribution is 2.24. The molecule has 26 heavy (non-hydrogen) atoms. The molecule has 1 fully saturated rings. The van der Waals surface area contributed by atoms with Crippen molar-refractivity contribution in [2.45, 2.75) is 45.4 Å². The summed E-state index contributed by atoms with van der Waals surface area (Å²) in [5, 5.41) is 5.14. The minimum absolute atomic E-state index is 0.0474. The summed E-state index contributed by atoms with van der Waals surface area (Å²) < 4.78 is 29.2. The van der Waals surface area contributed by atoms with E-state index in [1.165, 1.54) is 18.2 Å². The summed E-state index contributed by atoms with van der Waals surface area (Å²) in [6.07, 6.45) is 0.842. The first kappa shape index (κ1) is 19.6. The van der Waals surface area contributed by atoms with Crippen molar-refractivity contribution in [2.24, 2.45) is 0 Å². The lowest BCUT2D eigenvalue weighted by atomic mass is 9.93. The van der Waals surface area contributed by atoms with Gasteiger partial charge in [-0.1, -0.05) is 32.0 Å². The van der Waals surface area contributed by atoms with Gasteiger partial charge in [-0.15, -0.1) is 0 Å². The van der Waals surface area contributed by atoms with Gasteiger partial charge in [0.05, 0.1) is 0 Å². The number of rotatable bonds is 8. The Bertz CT molecular complexity index is 692. The number of alkyl halides is 2. The molecule has 0 radical (unpaired) electrons. The van der Waals surface area contributed by atoms with Gasteiger partial charge in [-0.05, 0) is 18.9 Å². The number of hydrogen-bond donors (Lipinski definition) is 2. The molecule has 1 aliphatic rings. The number of hydrogen-bond acceptors (Lipinski definition) is 4. The van der Waals surface area contributed by atoms with Crippen LogP contribution in [-0.4, -0.2) is 41.4 Å². The molecule has 9 heteroatoms. The Morgan fingerprint density at radius 3 is 2.50 bits per heavy atom. The maximum absolute atomic E-state index is 12.4. The van der Waals surface area contributed by atoms with Crippen molar-refractivity contribution in [3.63, 3.8) is 0 Å². The van der Waals surface area contributed by atoms with Gasteiger partial charge in [0.2, 0.25) is 5.91 Å². The van der Waals surface area contributed by atoms with Crippen molar-refractivity contribution in [3.05, 3.63) is 29.8 Å². The first-order valence-corrected chi connectivity index (χ1v) is 8.26. The van der Waals surface area contributed by atoms with Gasteiger partial charge in [-0.25, -0.2) is 4.79 Å². The van der Waals surface area contributed by atoms with Gasteiger partial charge in [0.1, 0.15) is 17.8 Å². The molecule has 1 heterocycles. The lowest BCUT2D eigenvalue weighted by Crippen LogP contribution is -2.46. The normalized spacial score (nSPS) is 16.0. The summed E-state index contributed by atoms with van der Waals surface area (Å²) in [5.41, 5.74) is -0.621. The number of carbonyl (C=O) groups is 3. The molecule has 142 valence electrons. The number of carbonyl (C=O) groups excluding carboxylic acids is 3. The smallest absolute Gasteiger partial charge is 0.387 e. The van der Waals surface area contributed by atoms with E-state index in [-0.39, 0.29) is 12.3 Å². The van der Waals surface area contributed by atoms with E-state index in [2.05, 4.69) is 15.4 Å². The molecule has 0 bridgehead atoms. The number of nitrogens with zero attached hydrogens (tertiary/aromatic N) is 1. The molecule has 0 spiro atoms. The van der Waals surface area contributed by atoms with Crippen LogP contribution in [0.3, 0.4) is 0 Å². The standard InChI is InChI=1S/C17H21F2N3O4/c1-3-17(4-2)14(24)22(16(25)21-17)10-13(23)20-9-11-7-5-6-8-12(11)26-15(18)19/h5-8,15H,3-4,9-10H2,1-2H3,(H,20,23)(H,21,25). The van der Waals surface area contributed by atoms with Crippen LogP contribution in [0.15, 0.2) is 24.3 Å². The lowest BCUT2D eigenvalue weighted by molar-refractivity contribution is -0.135. The third kappa shape index (κ3) is 4.09. The number of para-hydroxylation sites is 1. The van der Waals surface area contributed by atoms with Crippen molar-refractivity contribution in [1.82, 2.24) is 15.5 Å². The van der Waals surface area contributed by atoms with Crippen LogP contribution in [0.5, 0.6) is 5.75 Å². The number of urea groups is 1. The van der Waals surface area contributed by atoms with Crippen LogP contribution in [-0.2, 0) is 16.1 Å². The predicted molar refractivity (Wildman–Crippen MR) is 88.5 cm³/mol. The van der Waals surface area contributed by atoms with E-state index in [0.717, 1.165) is 4.90 Å². The van der Waals surface area contributed by atoms with Crippen molar-refractivity contribution in [3.8, 4) is 5.75 Å². The maximum atomic E-state index is 12.4. The van der Waals surface area contributed by atoms with Gasteiger partial charge in [-0.3, -0.25) is 14.5 Å². The average Bonchev–Trinajstić information content (AvgIpc) is 2.85. The van der Waals surface area contributed by atoms with Crippen molar-refractivity contribution >= 4 is 17.8 Å². The SMILES string of the molecule is CCC1(CC)NC(=O)N(CC(=O)NCc2ccccc2OC(F)F)C1=O. The zero-order valence-corrected chi connectivity index (χ0v) is 14.6. The van der Waals surface area contributed by atoms with E-state index >= 15 is 0 Å². The first-order valence-electron chi connectivity index (χ1n) is 8.26. The number of imide groups is 1. The van der Waals surface area contributed by atoms with Crippen molar-refractivity contribution in [1.29, 1.82) is 0 Å². The molecule has 2 N–H and O–H groups in total. The van der Waals surface area contributed by atoms with Crippen LogP contribution in [0.25, 0.3) is 0 Å². The van der Waals surface area contributed by atoms with Crippen LogP contribution < -0.4 is 15.4 Å². The van der Waals surface area contributed by atoms with Crippen molar-refractivity contribution in [2.75, 3.05) is 6.54 Å². The average molecular weight is 369 g/mol. The van der Waals surface area contributed by atoms with Gasteiger partial charge in [-0.2, -0.15) is 8.78 Å². The number of halogens is 2. The third-order valence-electron chi connectivity index (χ3n) is 4.42. The van der Waals surface area contributed by atoms with E-state index in [4.69, 9.17) is 0 Å². The van der Waals surface area contributed by atoms with Gasteiger partial charge < -0.3 is 15.4 Å². The molecule has 0 saturated carbocycles. The number of nitrogens with one attached hydrogen (secondary N) is 2. The quantitative estimate of drug-likeness (QED) is 0.686. The Labute approximate surface area is 149 Å². The fourth-order valence-corrected chi connectivity index (χ4v) is 2.80. The minimum atomic E-state index is -2.98. The molecule has 0 aliphatic carbocycles. The summed E-state index contributed by atoms with van der Waals surface area (Å²) in [7, 11) is 0. The van der Waals surface area contributed by atoms with Crippen LogP contribution >= 0.6 is 0 Å². The highest BCUT2D eigenvalue weighted by Gasteiger charge is 2.49. The summed E-state index contributed by atoms with van der Waals surface area (Å²) in [6.45, 7) is 0.0765. The second-order valence-corrected chi connectivity index (χ2v) is 5.87. The third-order valence-corrected chi connectivity index (χ3v) is 4.42. The molecule has 1 aromatic carbocycles. The zero-order chi connectivity index (χ0) is 19.3. The van der Waals surface area contributed by atoms with Gasteiger partial charge in [0, 0.05) is 12.1 Å².